The molecule has 35 heavy (non-hydrogen) atoms. The van der Waals surface area contributed by atoms with Gasteiger partial charge in [-0.2, -0.15) is 18.3 Å². The molecule has 0 saturated carbocycles. The maximum absolute atomic E-state index is 13.1. The van der Waals surface area contributed by atoms with E-state index >= 15 is 0 Å². The molecule has 0 spiro atoms. The molecule has 2 heterocycles. The van der Waals surface area contributed by atoms with Crippen LogP contribution in [0, 0.1) is 11.8 Å². The highest BCUT2D eigenvalue weighted by molar-refractivity contribution is 5.83. The summed E-state index contributed by atoms with van der Waals surface area (Å²) in [5, 5.41) is 10.1. The van der Waals surface area contributed by atoms with Gasteiger partial charge in [-0.25, -0.2) is 0 Å². The van der Waals surface area contributed by atoms with E-state index in [4.69, 9.17) is 4.74 Å². The molecule has 1 aliphatic heterocycles. The fourth-order valence-corrected chi connectivity index (χ4v) is 3.92. The van der Waals surface area contributed by atoms with Crippen LogP contribution in [-0.2, 0) is 11.8 Å². The Hall–Kier alpha value is -4.01. The molecule has 2 N–H and O–H groups in total. The van der Waals surface area contributed by atoms with E-state index in [9.17, 15) is 18.0 Å². The fourth-order valence-electron chi connectivity index (χ4n) is 3.92. The van der Waals surface area contributed by atoms with Crippen LogP contribution in [-0.4, -0.2) is 28.4 Å². The molecule has 4 rings (SSSR count). The first-order valence-corrected chi connectivity index (χ1v) is 11.1. The van der Waals surface area contributed by atoms with Crippen LogP contribution in [0.25, 0.3) is 11.8 Å². The van der Waals surface area contributed by atoms with Crippen LogP contribution in [0.2, 0.25) is 0 Å². The smallest absolute Gasteiger partial charge is 0.412 e. The Bertz CT molecular complexity index is 1250. The number of alkyl halides is 3. The van der Waals surface area contributed by atoms with Crippen LogP contribution >= 0.6 is 0 Å². The van der Waals surface area contributed by atoms with E-state index in [1.54, 1.807) is 23.0 Å². The first kappa shape index (κ1) is 24.1. The van der Waals surface area contributed by atoms with Crippen molar-refractivity contribution in [1.29, 1.82) is 0 Å². The number of amides is 1. The lowest BCUT2D eigenvalue weighted by molar-refractivity contribution is -0.125. The van der Waals surface area contributed by atoms with Gasteiger partial charge < -0.3 is 15.4 Å². The van der Waals surface area contributed by atoms with Gasteiger partial charge in [-0.1, -0.05) is 37.3 Å². The van der Waals surface area contributed by atoms with E-state index in [1.165, 1.54) is 25.3 Å². The Morgan fingerprint density at radius 2 is 2.17 bits per heavy atom. The minimum Gasteiger partial charge on any atom is -0.458 e. The molecule has 0 fully saturated rings. The Morgan fingerprint density at radius 3 is 2.91 bits per heavy atom. The number of rotatable bonds is 6. The van der Waals surface area contributed by atoms with Crippen LogP contribution in [0.15, 0.2) is 84.6 Å². The molecule has 1 amide bonds. The number of aromatic nitrogens is 2. The van der Waals surface area contributed by atoms with Crippen molar-refractivity contribution in [1.82, 2.24) is 20.4 Å². The highest BCUT2D eigenvalue weighted by atomic mass is 19.4. The molecule has 0 bridgehead atoms. The molecule has 1 aromatic carbocycles. The zero-order valence-corrected chi connectivity index (χ0v) is 19.2. The SMILES string of the molecule is CC1C(C(F)(F)F)=CC=CC1C(=O)N/C=C/c1cccc(OC2=CCNC(c3cnn(C)c3)=C2)c1. The molecule has 2 aromatic rings. The van der Waals surface area contributed by atoms with Gasteiger partial charge in [0.25, 0.3) is 0 Å². The van der Waals surface area contributed by atoms with Gasteiger partial charge in [0.2, 0.25) is 5.91 Å². The third-order valence-corrected chi connectivity index (χ3v) is 5.75. The average molecular weight is 483 g/mol. The molecular weight excluding hydrogens is 457 g/mol. The minimum atomic E-state index is -4.46. The summed E-state index contributed by atoms with van der Waals surface area (Å²) in [4.78, 5) is 12.5. The number of benzene rings is 1. The quantitative estimate of drug-likeness (QED) is 0.625. The van der Waals surface area contributed by atoms with E-state index < -0.39 is 29.5 Å². The predicted octanol–water partition coefficient (Wildman–Crippen LogP) is 4.72. The predicted molar refractivity (Wildman–Crippen MR) is 127 cm³/mol. The van der Waals surface area contributed by atoms with E-state index in [1.807, 2.05) is 43.6 Å². The van der Waals surface area contributed by atoms with Crippen molar-refractivity contribution in [3.8, 4) is 5.75 Å². The summed E-state index contributed by atoms with van der Waals surface area (Å²) >= 11 is 0. The lowest BCUT2D eigenvalue weighted by atomic mass is 9.82. The van der Waals surface area contributed by atoms with Crippen molar-refractivity contribution in [3.05, 3.63) is 95.7 Å². The van der Waals surface area contributed by atoms with Gasteiger partial charge in [-0.3, -0.25) is 9.48 Å². The summed E-state index contributed by atoms with van der Waals surface area (Å²) in [6, 6.07) is 7.26. The molecule has 182 valence electrons. The highest BCUT2D eigenvalue weighted by Crippen LogP contribution is 2.37. The average Bonchev–Trinajstić information content (AvgIpc) is 3.25. The first-order valence-electron chi connectivity index (χ1n) is 11.1. The molecule has 2 unspecified atom stereocenters. The third-order valence-electron chi connectivity index (χ3n) is 5.75. The summed E-state index contributed by atoms with van der Waals surface area (Å²) in [6.07, 6.45) is 9.90. The second-order valence-electron chi connectivity index (χ2n) is 8.28. The molecular formula is C26H25F3N4O2. The summed E-state index contributed by atoms with van der Waals surface area (Å²) in [6.45, 7) is 2.02. The number of carbonyl (C=O) groups is 1. The molecule has 6 nitrogen and oxygen atoms in total. The lowest BCUT2D eigenvalue weighted by Crippen LogP contribution is -2.34. The van der Waals surface area contributed by atoms with E-state index in [0.29, 0.717) is 18.1 Å². The van der Waals surface area contributed by atoms with Gasteiger partial charge in [-0.05, 0) is 29.8 Å². The highest BCUT2D eigenvalue weighted by Gasteiger charge is 2.41. The molecule has 1 aliphatic carbocycles. The number of nitrogens with one attached hydrogen (secondary N) is 2. The second-order valence-corrected chi connectivity index (χ2v) is 8.28. The van der Waals surface area contributed by atoms with Crippen LogP contribution in [0.5, 0.6) is 5.75 Å². The Morgan fingerprint density at radius 1 is 1.34 bits per heavy atom. The monoisotopic (exact) mass is 482 g/mol. The maximum atomic E-state index is 13.1. The Labute approximate surface area is 201 Å². The molecule has 1 aromatic heterocycles. The second kappa shape index (κ2) is 10.1. The minimum absolute atomic E-state index is 0.500. The van der Waals surface area contributed by atoms with Crippen molar-refractivity contribution < 1.29 is 22.7 Å². The summed E-state index contributed by atoms with van der Waals surface area (Å²) in [5.41, 5.74) is 1.91. The number of halogens is 3. The zero-order chi connectivity index (χ0) is 25.0. The number of ether oxygens (including phenoxy) is 1. The molecule has 0 saturated heterocycles. The number of hydrogen-bond acceptors (Lipinski definition) is 4. The lowest BCUT2D eigenvalue weighted by Gasteiger charge is -2.26. The Kier molecular flexibility index (Phi) is 6.95. The molecule has 2 atom stereocenters. The van der Waals surface area contributed by atoms with Crippen molar-refractivity contribution >= 4 is 17.7 Å². The van der Waals surface area contributed by atoms with Gasteiger partial charge in [0.05, 0.1) is 12.1 Å². The molecule has 9 heteroatoms. The van der Waals surface area contributed by atoms with Gasteiger partial charge in [0.15, 0.2) is 0 Å². The standard InChI is InChI=1S/C26H25F3N4O2/c1-17-22(7-4-8-23(17)26(27,28)29)25(34)31-11-9-18-5-3-6-20(13-18)35-21-10-12-30-24(14-21)19-15-32-33(2)16-19/h3-11,13-17,22,30H,12H2,1-2H3,(H,31,34)/b11-9+. The van der Waals surface area contributed by atoms with Crippen LogP contribution in [0.4, 0.5) is 13.2 Å². The van der Waals surface area contributed by atoms with E-state index in [0.717, 1.165) is 22.9 Å². The van der Waals surface area contributed by atoms with Crippen molar-refractivity contribution in [2.75, 3.05) is 6.54 Å². The normalized spacial score (nSPS) is 20.1. The summed E-state index contributed by atoms with van der Waals surface area (Å²) in [5.74, 6) is -1.07. The maximum Gasteiger partial charge on any atom is 0.412 e. The topological polar surface area (TPSA) is 68.2 Å². The zero-order valence-electron chi connectivity index (χ0n) is 19.2. The van der Waals surface area contributed by atoms with Gasteiger partial charge in [0, 0.05) is 54.8 Å². The first-order chi connectivity index (χ1) is 16.7. The number of hydrogen-bond donors (Lipinski definition) is 2. The van der Waals surface area contributed by atoms with Crippen molar-refractivity contribution in [2.45, 2.75) is 13.1 Å². The fraction of sp³-hybridized carbons (Fsp3) is 0.231. The Balaban J connectivity index is 1.37. The summed E-state index contributed by atoms with van der Waals surface area (Å²) < 4.78 is 47.2. The van der Waals surface area contributed by atoms with Crippen molar-refractivity contribution in [3.63, 3.8) is 0 Å². The molecule has 0 radical (unpaired) electrons. The number of allylic oxidation sites excluding steroid dienone is 4. The van der Waals surface area contributed by atoms with Gasteiger partial charge >= 0.3 is 6.18 Å². The number of nitrogens with zero attached hydrogens (tertiary/aromatic N) is 2. The van der Waals surface area contributed by atoms with Gasteiger partial charge in [-0.15, -0.1) is 0 Å². The van der Waals surface area contributed by atoms with Crippen LogP contribution < -0.4 is 15.4 Å². The largest absolute Gasteiger partial charge is 0.458 e. The molecule has 2 aliphatic rings. The van der Waals surface area contributed by atoms with E-state index in [2.05, 4.69) is 15.7 Å². The van der Waals surface area contributed by atoms with Crippen LogP contribution in [0.1, 0.15) is 18.1 Å². The van der Waals surface area contributed by atoms with Crippen LogP contribution in [0.3, 0.4) is 0 Å². The van der Waals surface area contributed by atoms with Crippen molar-refractivity contribution in [2.24, 2.45) is 18.9 Å². The third kappa shape index (κ3) is 5.92. The van der Waals surface area contributed by atoms with E-state index in [-0.39, 0.29) is 0 Å². The summed E-state index contributed by atoms with van der Waals surface area (Å²) in [7, 11) is 1.85. The number of aryl methyl sites for hydroxylation is 1. The number of carbonyl (C=O) groups excluding carboxylic acids is 1. The number of dihydropyridines is 1. The van der Waals surface area contributed by atoms with Gasteiger partial charge in [0.1, 0.15) is 11.5 Å².